The third-order valence-corrected chi connectivity index (χ3v) is 4.41. The van der Waals surface area contributed by atoms with Crippen molar-refractivity contribution in [2.45, 2.75) is 19.8 Å². The van der Waals surface area contributed by atoms with Crippen molar-refractivity contribution in [2.24, 2.45) is 0 Å². The number of hydrogen-bond donors (Lipinski definition) is 1. The Kier molecular flexibility index (Phi) is 4.80. The standard InChI is InChI=1S/C21H20N6O/c1-13(2)15-9-20(27-24-12-15)26-19-5-4-17-18(25-19)8-16(11-23-17)14-6-7-22-21(10-14)28-3/h4-13H,1-3H3,(H,25,26,27). The summed E-state index contributed by atoms with van der Waals surface area (Å²) < 4.78 is 5.21. The fraction of sp³-hybridized carbons (Fsp3) is 0.190. The molecule has 4 heterocycles. The highest BCUT2D eigenvalue weighted by molar-refractivity contribution is 5.82. The van der Waals surface area contributed by atoms with E-state index in [1.54, 1.807) is 19.5 Å². The van der Waals surface area contributed by atoms with Gasteiger partial charge >= 0.3 is 0 Å². The monoisotopic (exact) mass is 372 g/mol. The maximum atomic E-state index is 5.21. The Morgan fingerprint density at radius 2 is 1.79 bits per heavy atom. The van der Waals surface area contributed by atoms with Crippen molar-refractivity contribution in [1.29, 1.82) is 0 Å². The van der Waals surface area contributed by atoms with Gasteiger partial charge in [-0.25, -0.2) is 9.97 Å². The van der Waals surface area contributed by atoms with Gasteiger partial charge in [-0.1, -0.05) is 13.8 Å². The molecule has 0 saturated heterocycles. The van der Waals surface area contributed by atoms with Gasteiger partial charge in [0.25, 0.3) is 0 Å². The van der Waals surface area contributed by atoms with E-state index in [2.05, 4.69) is 44.3 Å². The fourth-order valence-corrected chi connectivity index (χ4v) is 2.82. The van der Waals surface area contributed by atoms with Crippen LogP contribution < -0.4 is 10.1 Å². The molecule has 0 aliphatic rings. The second kappa shape index (κ2) is 7.56. The van der Waals surface area contributed by atoms with Crippen LogP contribution in [0.4, 0.5) is 11.6 Å². The summed E-state index contributed by atoms with van der Waals surface area (Å²) in [5.41, 5.74) is 4.63. The Labute approximate surface area is 162 Å². The van der Waals surface area contributed by atoms with Crippen LogP contribution >= 0.6 is 0 Å². The van der Waals surface area contributed by atoms with Crippen LogP contribution in [0.5, 0.6) is 5.88 Å². The molecular weight excluding hydrogens is 352 g/mol. The predicted molar refractivity (Wildman–Crippen MR) is 109 cm³/mol. The summed E-state index contributed by atoms with van der Waals surface area (Å²) in [5.74, 6) is 2.30. The minimum atomic E-state index is 0.379. The van der Waals surface area contributed by atoms with Gasteiger partial charge in [0.05, 0.1) is 24.3 Å². The lowest BCUT2D eigenvalue weighted by Gasteiger charge is -2.09. The van der Waals surface area contributed by atoms with Crippen LogP contribution in [0.3, 0.4) is 0 Å². The number of anilines is 2. The molecular formula is C21H20N6O. The van der Waals surface area contributed by atoms with Crippen molar-refractivity contribution in [3.8, 4) is 17.0 Å². The summed E-state index contributed by atoms with van der Waals surface area (Å²) in [7, 11) is 1.60. The van der Waals surface area contributed by atoms with E-state index < -0.39 is 0 Å². The maximum Gasteiger partial charge on any atom is 0.213 e. The molecule has 0 fully saturated rings. The summed E-state index contributed by atoms with van der Waals surface area (Å²) in [6.45, 7) is 4.24. The molecule has 7 heteroatoms. The SMILES string of the molecule is COc1cc(-c2cnc3ccc(Nc4cc(C(C)C)cnn4)nc3c2)ccn1. The summed E-state index contributed by atoms with van der Waals surface area (Å²) >= 11 is 0. The van der Waals surface area contributed by atoms with Gasteiger partial charge in [-0.3, -0.25) is 4.98 Å². The molecule has 0 radical (unpaired) electrons. The molecule has 1 N–H and O–H groups in total. The Balaban J connectivity index is 1.67. The Morgan fingerprint density at radius 3 is 2.61 bits per heavy atom. The van der Waals surface area contributed by atoms with E-state index in [0.717, 1.165) is 27.7 Å². The topological polar surface area (TPSA) is 85.7 Å². The van der Waals surface area contributed by atoms with Crippen LogP contribution in [0, 0.1) is 0 Å². The number of fused-ring (bicyclic) bond motifs is 1. The number of methoxy groups -OCH3 is 1. The van der Waals surface area contributed by atoms with E-state index in [0.29, 0.717) is 23.4 Å². The van der Waals surface area contributed by atoms with E-state index in [4.69, 9.17) is 4.74 Å². The first kappa shape index (κ1) is 17.8. The summed E-state index contributed by atoms with van der Waals surface area (Å²) in [4.78, 5) is 13.3. The Morgan fingerprint density at radius 1 is 0.893 bits per heavy atom. The second-order valence-electron chi connectivity index (χ2n) is 6.70. The molecule has 140 valence electrons. The second-order valence-corrected chi connectivity index (χ2v) is 6.70. The van der Waals surface area contributed by atoms with Crippen LogP contribution in [0.15, 0.2) is 55.0 Å². The van der Waals surface area contributed by atoms with E-state index in [9.17, 15) is 0 Å². The van der Waals surface area contributed by atoms with E-state index >= 15 is 0 Å². The van der Waals surface area contributed by atoms with Gasteiger partial charge in [0.1, 0.15) is 5.82 Å². The van der Waals surface area contributed by atoms with Crippen LogP contribution in [0.25, 0.3) is 22.2 Å². The van der Waals surface area contributed by atoms with E-state index in [1.165, 1.54) is 0 Å². The number of rotatable bonds is 5. The molecule has 0 amide bonds. The molecule has 0 atom stereocenters. The number of nitrogens with one attached hydrogen (secondary N) is 1. The third-order valence-electron chi connectivity index (χ3n) is 4.41. The lowest BCUT2D eigenvalue weighted by molar-refractivity contribution is 0.398. The first-order valence-corrected chi connectivity index (χ1v) is 8.99. The highest BCUT2D eigenvalue weighted by atomic mass is 16.5. The van der Waals surface area contributed by atoms with Crippen molar-refractivity contribution in [2.75, 3.05) is 12.4 Å². The Hall–Kier alpha value is -3.61. The van der Waals surface area contributed by atoms with Gasteiger partial charge in [-0.2, -0.15) is 5.10 Å². The molecule has 0 aliphatic carbocycles. The number of hydrogen-bond acceptors (Lipinski definition) is 7. The zero-order chi connectivity index (χ0) is 19.5. The molecule has 0 aromatic carbocycles. The van der Waals surface area contributed by atoms with Gasteiger partial charge in [0.2, 0.25) is 5.88 Å². The molecule has 0 bridgehead atoms. The number of pyridine rings is 3. The van der Waals surface area contributed by atoms with Crippen LogP contribution in [-0.4, -0.2) is 32.3 Å². The number of ether oxygens (including phenoxy) is 1. The molecule has 7 nitrogen and oxygen atoms in total. The third kappa shape index (κ3) is 3.73. The molecule has 0 spiro atoms. The molecule has 0 aliphatic heterocycles. The largest absolute Gasteiger partial charge is 0.481 e. The zero-order valence-electron chi connectivity index (χ0n) is 15.9. The minimum Gasteiger partial charge on any atom is -0.481 e. The van der Waals surface area contributed by atoms with E-state index in [-0.39, 0.29) is 0 Å². The average molecular weight is 372 g/mol. The highest BCUT2D eigenvalue weighted by Crippen LogP contribution is 2.25. The fourth-order valence-electron chi connectivity index (χ4n) is 2.82. The van der Waals surface area contributed by atoms with E-state index in [1.807, 2.05) is 42.6 Å². The van der Waals surface area contributed by atoms with Crippen LogP contribution in [-0.2, 0) is 0 Å². The van der Waals surface area contributed by atoms with Crippen molar-refractivity contribution in [1.82, 2.24) is 25.1 Å². The normalized spacial score (nSPS) is 11.0. The number of aromatic nitrogens is 5. The van der Waals surface area contributed by atoms with Gasteiger partial charge in [0.15, 0.2) is 5.82 Å². The molecule has 0 unspecified atom stereocenters. The van der Waals surface area contributed by atoms with Crippen LogP contribution in [0.2, 0.25) is 0 Å². The van der Waals surface area contributed by atoms with Crippen LogP contribution in [0.1, 0.15) is 25.3 Å². The zero-order valence-corrected chi connectivity index (χ0v) is 15.9. The van der Waals surface area contributed by atoms with Crippen molar-refractivity contribution < 1.29 is 4.74 Å². The molecule has 0 saturated carbocycles. The molecule has 4 rings (SSSR count). The van der Waals surface area contributed by atoms with Crippen molar-refractivity contribution >= 4 is 22.7 Å². The summed E-state index contributed by atoms with van der Waals surface area (Å²) in [5, 5.41) is 11.4. The van der Waals surface area contributed by atoms with Crippen molar-refractivity contribution in [3.63, 3.8) is 0 Å². The summed E-state index contributed by atoms with van der Waals surface area (Å²) in [6, 6.07) is 11.6. The highest BCUT2D eigenvalue weighted by Gasteiger charge is 2.07. The van der Waals surface area contributed by atoms with Gasteiger partial charge < -0.3 is 10.1 Å². The molecule has 4 aromatic heterocycles. The number of nitrogens with zero attached hydrogens (tertiary/aromatic N) is 5. The maximum absolute atomic E-state index is 5.21. The van der Waals surface area contributed by atoms with Gasteiger partial charge in [-0.15, -0.1) is 5.10 Å². The quantitative estimate of drug-likeness (QED) is 0.557. The molecule has 28 heavy (non-hydrogen) atoms. The smallest absolute Gasteiger partial charge is 0.213 e. The lowest BCUT2D eigenvalue weighted by atomic mass is 10.1. The Bertz CT molecular complexity index is 1130. The minimum absolute atomic E-state index is 0.379. The van der Waals surface area contributed by atoms with Gasteiger partial charge in [0, 0.05) is 24.0 Å². The van der Waals surface area contributed by atoms with Crippen molar-refractivity contribution in [3.05, 3.63) is 60.6 Å². The first-order chi connectivity index (χ1) is 13.6. The lowest BCUT2D eigenvalue weighted by Crippen LogP contribution is -2.00. The first-order valence-electron chi connectivity index (χ1n) is 8.99. The predicted octanol–water partition coefficient (Wildman–Crippen LogP) is 4.36. The van der Waals surface area contributed by atoms with Gasteiger partial charge in [-0.05, 0) is 47.4 Å². The summed E-state index contributed by atoms with van der Waals surface area (Å²) in [6.07, 6.45) is 5.32. The molecule has 4 aromatic rings. The average Bonchev–Trinajstić information content (AvgIpc) is 2.73.